The third-order valence-electron chi connectivity index (χ3n) is 5.21. The highest BCUT2D eigenvalue weighted by Gasteiger charge is 2.27. The Hall–Kier alpha value is -4.84. The SMILES string of the molecule is CCC(=O)CC1CC(=O)NC(CC(=O)CC)NC(=O)NC(NC(=O)NC)NC(=O)NC(NC(=O)NC)NC(=O)N1. The van der Waals surface area contributed by atoms with Gasteiger partial charge < -0.3 is 58.5 Å². The number of carbonyl (C=O) groups is 8. The summed E-state index contributed by atoms with van der Waals surface area (Å²) in [5, 5.41) is 25.2. The zero-order chi connectivity index (χ0) is 30.2. The van der Waals surface area contributed by atoms with Crippen LogP contribution in [0.4, 0.5) is 24.0 Å². The van der Waals surface area contributed by atoms with Crippen molar-refractivity contribution in [2.24, 2.45) is 0 Å². The zero-order valence-corrected chi connectivity index (χ0v) is 22.6. The fourth-order valence-corrected chi connectivity index (χ4v) is 3.20. The molecule has 0 bridgehead atoms. The molecule has 40 heavy (non-hydrogen) atoms. The quantitative estimate of drug-likeness (QED) is 0.145. The van der Waals surface area contributed by atoms with E-state index in [1.165, 1.54) is 14.1 Å². The summed E-state index contributed by atoms with van der Waals surface area (Å²) in [5.74, 6) is -1.28. The minimum atomic E-state index is -1.55. The summed E-state index contributed by atoms with van der Waals surface area (Å²) in [4.78, 5) is 98.7. The van der Waals surface area contributed by atoms with Gasteiger partial charge in [-0.15, -0.1) is 0 Å². The molecule has 11 amide bonds. The Bertz CT molecular complexity index is 792. The Balaban J connectivity index is 3.34. The summed E-state index contributed by atoms with van der Waals surface area (Å²) in [6, 6.07) is -5.66. The van der Waals surface area contributed by atoms with Crippen LogP contribution in [0.15, 0.2) is 0 Å². The van der Waals surface area contributed by atoms with E-state index in [1.54, 1.807) is 13.8 Å². The normalized spacial score (nSPS) is 22.3. The van der Waals surface area contributed by atoms with Crippen LogP contribution in [0.5, 0.6) is 0 Å². The fourth-order valence-electron chi connectivity index (χ4n) is 3.20. The molecule has 0 spiro atoms. The van der Waals surface area contributed by atoms with E-state index < -0.39 is 67.3 Å². The molecule has 19 nitrogen and oxygen atoms in total. The van der Waals surface area contributed by atoms with Gasteiger partial charge in [0.25, 0.3) is 0 Å². The average Bonchev–Trinajstić information content (AvgIpc) is 2.86. The number of nitrogens with one attached hydrogen (secondary N) is 11. The van der Waals surface area contributed by atoms with Crippen LogP contribution in [0.25, 0.3) is 0 Å². The van der Waals surface area contributed by atoms with Crippen LogP contribution in [-0.4, -0.2) is 86.5 Å². The summed E-state index contributed by atoms with van der Waals surface area (Å²) in [7, 11) is 2.56. The molecule has 1 aliphatic heterocycles. The Morgan fingerprint density at radius 3 is 1.52 bits per heavy atom. The third kappa shape index (κ3) is 13.1. The summed E-state index contributed by atoms with van der Waals surface area (Å²) in [6.07, 6.45) is -4.99. The van der Waals surface area contributed by atoms with Gasteiger partial charge in [-0.1, -0.05) is 13.8 Å². The molecule has 11 N–H and O–H groups in total. The number of amides is 11. The van der Waals surface area contributed by atoms with E-state index in [4.69, 9.17) is 0 Å². The molecule has 1 fully saturated rings. The van der Waals surface area contributed by atoms with E-state index in [9.17, 15) is 38.4 Å². The van der Waals surface area contributed by atoms with Crippen molar-refractivity contribution < 1.29 is 38.4 Å². The second-order valence-electron chi connectivity index (χ2n) is 8.38. The van der Waals surface area contributed by atoms with Gasteiger partial charge in [-0.3, -0.25) is 14.4 Å². The molecule has 1 rings (SSSR count). The number of Topliss-reactive ketones (excluding diaryl/α,β-unsaturated/α-hetero) is 2. The molecular weight excluding hydrogens is 534 g/mol. The van der Waals surface area contributed by atoms with Gasteiger partial charge in [-0.25, -0.2) is 24.0 Å². The van der Waals surface area contributed by atoms with Gasteiger partial charge in [-0.2, -0.15) is 0 Å². The lowest BCUT2D eigenvalue weighted by Crippen LogP contribution is -2.68. The van der Waals surface area contributed by atoms with Crippen molar-refractivity contribution in [2.45, 2.75) is 70.7 Å². The molecule has 0 aliphatic carbocycles. The van der Waals surface area contributed by atoms with Gasteiger partial charge in [-0.05, 0) is 0 Å². The molecule has 1 heterocycles. The van der Waals surface area contributed by atoms with Crippen LogP contribution in [0, 0.1) is 0 Å². The second-order valence-corrected chi connectivity index (χ2v) is 8.38. The number of hydrogen-bond acceptors (Lipinski definition) is 8. The first kappa shape index (κ1) is 33.2. The second kappa shape index (κ2) is 16.9. The van der Waals surface area contributed by atoms with E-state index >= 15 is 0 Å². The minimum Gasteiger partial charge on any atom is -0.341 e. The van der Waals surface area contributed by atoms with Gasteiger partial charge in [0.15, 0.2) is 12.6 Å². The Morgan fingerprint density at radius 1 is 0.650 bits per heavy atom. The summed E-state index contributed by atoms with van der Waals surface area (Å²) in [6.45, 7) is 3.19. The molecule has 19 heteroatoms. The molecule has 0 radical (unpaired) electrons. The smallest absolute Gasteiger partial charge is 0.320 e. The number of urea groups is 5. The highest BCUT2D eigenvalue weighted by Crippen LogP contribution is 2.04. The average molecular weight is 572 g/mol. The molecule has 1 aliphatic rings. The first-order valence-corrected chi connectivity index (χ1v) is 12.4. The van der Waals surface area contributed by atoms with Crippen LogP contribution < -0.4 is 58.5 Å². The van der Waals surface area contributed by atoms with Crippen molar-refractivity contribution in [3.05, 3.63) is 0 Å². The van der Waals surface area contributed by atoms with Gasteiger partial charge in [0.1, 0.15) is 17.7 Å². The fraction of sp³-hybridized carbons (Fsp3) is 0.619. The maximum absolute atomic E-state index is 12.8. The Morgan fingerprint density at radius 2 is 1.07 bits per heavy atom. The van der Waals surface area contributed by atoms with Crippen LogP contribution in [0.2, 0.25) is 0 Å². The van der Waals surface area contributed by atoms with E-state index in [2.05, 4.69) is 58.5 Å². The standard InChI is InChI=1S/C21H37N11O8/c1-5-11(33)7-10-8-14(35)25-13(9-12(34)6-2)26-20(39)30-16(28-18(37)23-4)32-21(40)31-15(27-17(36)22-3)29-19(38)24-10/h10,13,15-16H,5-9H2,1-4H3,(H,25,35)(H2,22,27,36)(H2,23,28,37)(H2,24,29,38)(H2,26,30,39)(H2,31,32,40). The number of hydrogen-bond donors (Lipinski definition) is 11. The van der Waals surface area contributed by atoms with Crippen LogP contribution >= 0.6 is 0 Å². The third-order valence-corrected chi connectivity index (χ3v) is 5.21. The van der Waals surface area contributed by atoms with Crippen LogP contribution in [-0.2, 0) is 14.4 Å². The van der Waals surface area contributed by atoms with Crippen molar-refractivity contribution in [2.75, 3.05) is 14.1 Å². The molecule has 1 saturated heterocycles. The molecule has 0 aromatic carbocycles. The summed E-state index contributed by atoms with van der Waals surface area (Å²) in [5.41, 5.74) is 0. The number of rotatable bonds is 8. The molecule has 0 aromatic heterocycles. The number of carbonyl (C=O) groups excluding carboxylic acids is 8. The largest absolute Gasteiger partial charge is 0.341 e. The van der Waals surface area contributed by atoms with Crippen molar-refractivity contribution in [3.63, 3.8) is 0 Å². The monoisotopic (exact) mass is 571 g/mol. The highest BCUT2D eigenvalue weighted by atomic mass is 16.2. The lowest BCUT2D eigenvalue weighted by molar-refractivity contribution is -0.123. The molecular formula is C21H37N11O8. The maximum Gasteiger partial charge on any atom is 0.320 e. The lowest BCUT2D eigenvalue weighted by atomic mass is 10.0. The molecule has 4 atom stereocenters. The van der Waals surface area contributed by atoms with E-state index in [1.807, 2.05) is 0 Å². The summed E-state index contributed by atoms with van der Waals surface area (Å²) >= 11 is 0. The van der Waals surface area contributed by atoms with E-state index in [-0.39, 0.29) is 37.2 Å². The van der Waals surface area contributed by atoms with Gasteiger partial charge >= 0.3 is 30.2 Å². The topological polar surface area (TPSA) is 269 Å². The van der Waals surface area contributed by atoms with Gasteiger partial charge in [0, 0.05) is 52.2 Å². The predicted octanol–water partition coefficient (Wildman–Crippen LogP) is -2.74. The Kier molecular flexibility index (Phi) is 14.0. The number of ketones is 2. The predicted molar refractivity (Wildman–Crippen MR) is 138 cm³/mol. The zero-order valence-electron chi connectivity index (χ0n) is 22.6. The first-order chi connectivity index (χ1) is 18.9. The van der Waals surface area contributed by atoms with Crippen molar-refractivity contribution >= 4 is 47.6 Å². The molecule has 224 valence electrons. The molecule has 0 saturated carbocycles. The van der Waals surface area contributed by atoms with E-state index in [0.717, 1.165) is 0 Å². The minimum absolute atomic E-state index is 0.110. The van der Waals surface area contributed by atoms with E-state index in [0.29, 0.717) is 0 Å². The first-order valence-electron chi connectivity index (χ1n) is 12.4. The van der Waals surface area contributed by atoms with Crippen molar-refractivity contribution in [1.29, 1.82) is 0 Å². The van der Waals surface area contributed by atoms with Crippen molar-refractivity contribution in [3.8, 4) is 0 Å². The lowest BCUT2D eigenvalue weighted by Gasteiger charge is -2.28. The van der Waals surface area contributed by atoms with Crippen molar-refractivity contribution in [1.82, 2.24) is 58.5 Å². The Labute approximate surface area is 229 Å². The van der Waals surface area contributed by atoms with Crippen LogP contribution in [0.3, 0.4) is 0 Å². The van der Waals surface area contributed by atoms with Gasteiger partial charge in [0.2, 0.25) is 5.91 Å². The molecule has 0 aromatic rings. The van der Waals surface area contributed by atoms with Gasteiger partial charge in [0.05, 0.1) is 0 Å². The molecule has 4 unspecified atom stereocenters. The maximum atomic E-state index is 12.8. The summed E-state index contributed by atoms with van der Waals surface area (Å²) < 4.78 is 0. The highest BCUT2D eigenvalue weighted by molar-refractivity contribution is 5.86. The van der Waals surface area contributed by atoms with Crippen LogP contribution in [0.1, 0.15) is 46.0 Å².